The topological polar surface area (TPSA) is 45.2 Å². The summed E-state index contributed by atoms with van der Waals surface area (Å²) in [7, 11) is 3.31. The number of halogens is 4. The number of aryl methyl sites for hydroxylation is 1. The lowest BCUT2D eigenvalue weighted by Gasteiger charge is -2.17. The molecule has 2 rings (SSSR count). The van der Waals surface area contributed by atoms with Crippen molar-refractivity contribution in [3.63, 3.8) is 0 Å². The molecule has 4 nitrogen and oxygen atoms in total. The van der Waals surface area contributed by atoms with Crippen molar-refractivity contribution in [1.82, 2.24) is 4.98 Å². The number of amides is 1. The highest BCUT2D eigenvalue weighted by atomic mass is 19.2. The molecule has 0 atom stereocenters. The maximum absolute atomic E-state index is 13.7. The highest BCUT2D eigenvalue weighted by molar-refractivity contribution is 6.06. The number of carbonyl (C=O) groups excluding carboxylic acids is 1. The highest BCUT2D eigenvalue weighted by Gasteiger charge is 2.25. The molecule has 1 aromatic carbocycles. The van der Waals surface area contributed by atoms with Crippen molar-refractivity contribution in [2.75, 3.05) is 24.3 Å². The third kappa shape index (κ3) is 3.25. The first-order valence-electron chi connectivity index (χ1n) is 6.51. The van der Waals surface area contributed by atoms with Crippen LogP contribution in [0.5, 0.6) is 0 Å². The van der Waals surface area contributed by atoms with Crippen molar-refractivity contribution in [3.8, 4) is 0 Å². The Kier molecular flexibility index (Phi) is 4.53. The fourth-order valence-corrected chi connectivity index (χ4v) is 1.94. The summed E-state index contributed by atoms with van der Waals surface area (Å²) in [6, 6.07) is 3.09. The third-order valence-electron chi connectivity index (χ3n) is 3.03. The van der Waals surface area contributed by atoms with E-state index >= 15 is 0 Å². The molecule has 0 aliphatic rings. The SMILES string of the molecule is Cc1ccc(NC(=O)c2c(F)c(F)cc(F)c2F)c(N(C)C)n1. The summed E-state index contributed by atoms with van der Waals surface area (Å²) in [6.07, 6.45) is 0. The summed E-state index contributed by atoms with van der Waals surface area (Å²) in [6.45, 7) is 1.72. The Morgan fingerprint density at radius 3 is 2.17 bits per heavy atom. The summed E-state index contributed by atoms with van der Waals surface area (Å²) in [5.74, 6) is -7.79. The Morgan fingerprint density at radius 2 is 1.65 bits per heavy atom. The second-order valence-corrected chi connectivity index (χ2v) is 5.02. The summed E-state index contributed by atoms with van der Waals surface area (Å²) < 4.78 is 53.7. The Hall–Kier alpha value is -2.64. The van der Waals surface area contributed by atoms with Gasteiger partial charge in [0.15, 0.2) is 29.1 Å². The van der Waals surface area contributed by atoms with Crippen LogP contribution in [0.1, 0.15) is 16.1 Å². The van der Waals surface area contributed by atoms with Gasteiger partial charge in [0.2, 0.25) is 0 Å². The van der Waals surface area contributed by atoms with E-state index in [-0.39, 0.29) is 11.8 Å². The van der Waals surface area contributed by atoms with E-state index in [0.29, 0.717) is 11.5 Å². The van der Waals surface area contributed by atoms with Crippen molar-refractivity contribution in [2.24, 2.45) is 0 Å². The summed E-state index contributed by atoms with van der Waals surface area (Å²) in [5.41, 5.74) is -0.525. The Bertz CT molecular complexity index is 752. The second kappa shape index (κ2) is 6.23. The quantitative estimate of drug-likeness (QED) is 0.695. The van der Waals surface area contributed by atoms with Crippen molar-refractivity contribution in [1.29, 1.82) is 0 Å². The molecule has 23 heavy (non-hydrogen) atoms. The van der Waals surface area contributed by atoms with E-state index in [0.717, 1.165) is 0 Å². The molecule has 0 spiro atoms. The van der Waals surface area contributed by atoms with Gasteiger partial charge in [-0.3, -0.25) is 4.79 Å². The van der Waals surface area contributed by atoms with Gasteiger partial charge in [-0.25, -0.2) is 22.5 Å². The number of nitrogens with zero attached hydrogens (tertiary/aromatic N) is 2. The van der Waals surface area contributed by atoms with Crippen LogP contribution in [-0.2, 0) is 0 Å². The fraction of sp³-hybridized carbons (Fsp3) is 0.200. The first-order valence-corrected chi connectivity index (χ1v) is 6.51. The monoisotopic (exact) mass is 327 g/mol. The summed E-state index contributed by atoms with van der Waals surface area (Å²) >= 11 is 0. The predicted molar refractivity (Wildman–Crippen MR) is 77.5 cm³/mol. The minimum absolute atomic E-state index is 0.0418. The standard InChI is InChI=1S/C15H13F4N3O/c1-7-4-5-10(14(20-7)22(2)3)21-15(23)11-12(18)8(16)6-9(17)13(11)19/h4-6H,1-3H3,(H,21,23). The molecule has 2 aromatic rings. The average molecular weight is 327 g/mol. The number of hydrogen-bond donors (Lipinski definition) is 1. The molecule has 0 saturated heterocycles. The van der Waals surface area contributed by atoms with Gasteiger partial charge < -0.3 is 10.2 Å². The van der Waals surface area contributed by atoms with Crippen LogP contribution in [-0.4, -0.2) is 25.0 Å². The zero-order valence-corrected chi connectivity index (χ0v) is 12.5. The molecule has 0 fully saturated rings. The maximum Gasteiger partial charge on any atom is 0.261 e. The molecule has 122 valence electrons. The van der Waals surface area contributed by atoms with Crippen LogP contribution in [0.4, 0.5) is 29.1 Å². The number of nitrogens with one attached hydrogen (secondary N) is 1. The molecule has 8 heteroatoms. The smallest absolute Gasteiger partial charge is 0.261 e. The van der Waals surface area contributed by atoms with Crippen LogP contribution < -0.4 is 10.2 Å². The minimum atomic E-state index is -1.76. The molecule has 0 unspecified atom stereocenters. The van der Waals surface area contributed by atoms with Crippen molar-refractivity contribution < 1.29 is 22.4 Å². The van der Waals surface area contributed by atoms with Gasteiger partial charge in [0.25, 0.3) is 5.91 Å². The van der Waals surface area contributed by atoms with Crippen molar-refractivity contribution in [2.45, 2.75) is 6.92 Å². The van der Waals surface area contributed by atoms with Gasteiger partial charge in [-0.1, -0.05) is 0 Å². The van der Waals surface area contributed by atoms with Crippen LogP contribution in [0.25, 0.3) is 0 Å². The van der Waals surface area contributed by atoms with Gasteiger partial charge in [-0.2, -0.15) is 0 Å². The van der Waals surface area contributed by atoms with E-state index in [1.807, 2.05) is 0 Å². The van der Waals surface area contributed by atoms with Gasteiger partial charge in [0.05, 0.1) is 5.69 Å². The Balaban J connectivity index is 2.45. The molecular formula is C15H13F4N3O. The lowest BCUT2D eigenvalue weighted by molar-refractivity contribution is 0.101. The molecule has 0 radical (unpaired) electrons. The first kappa shape index (κ1) is 16.7. The molecule has 0 bridgehead atoms. The molecular weight excluding hydrogens is 314 g/mol. The van der Waals surface area contributed by atoms with Crippen LogP contribution in [0.2, 0.25) is 0 Å². The molecule has 0 aliphatic carbocycles. The second-order valence-electron chi connectivity index (χ2n) is 5.02. The first-order chi connectivity index (χ1) is 10.7. The number of pyridine rings is 1. The maximum atomic E-state index is 13.7. The molecule has 0 aliphatic heterocycles. The molecule has 0 saturated carbocycles. The average Bonchev–Trinajstić information content (AvgIpc) is 2.47. The predicted octanol–water partition coefficient (Wildman–Crippen LogP) is 3.26. The van der Waals surface area contributed by atoms with E-state index in [1.165, 1.54) is 6.07 Å². The zero-order chi connectivity index (χ0) is 17.3. The number of rotatable bonds is 3. The van der Waals surface area contributed by atoms with Crippen LogP contribution in [0, 0.1) is 30.2 Å². The third-order valence-corrected chi connectivity index (χ3v) is 3.03. The summed E-state index contributed by atoms with van der Waals surface area (Å²) in [4.78, 5) is 17.8. The number of benzene rings is 1. The fourth-order valence-electron chi connectivity index (χ4n) is 1.94. The molecule has 1 aromatic heterocycles. The highest BCUT2D eigenvalue weighted by Crippen LogP contribution is 2.25. The van der Waals surface area contributed by atoms with E-state index in [4.69, 9.17) is 0 Å². The lowest BCUT2D eigenvalue weighted by atomic mass is 10.1. The molecule has 1 N–H and O–H groups in total. The van der Waals surface area contributed by atoms with E-state index in [1.54, 1.807) is 32.0 Å². The minimum Gasteiger partial charge on any atom is -0.361 e. The normalized spacial score (nSPS) is 10.6. The zero-order valence-electron chi connectivity index (χ0n) is 12.5. The van der Waals surface area contributed by atoms with Crippen LogP contribution >= 0.6 is 0 Å². The van der Waals surface area contributed by atoms with Gasteiger partial charge in [0, 0.05) is 25.9 Å². The van der Waals surface area contributed by atoms with Crippen molar-refractivity contribution in [3.05, 3.63) is 52.7 Å². The number of anilines is 2. The van der Waals surface area contributed by atoms with Gasteiger partial charge in [-0.15, -0.1) is 0 Å². The summed E-state index contributed by atoms with van der Waals surface area (Å²) in [5, 5.41) is 2.22. The molecule has 1 amide bonds. The largest absolute Gasteiger partial charge is 0.361 e. The van der Waals surface area contributed by atoms with E-state index in [2.05, 4.69) is 10.3 Å². The Morgan fingerprint density at radius 1 is 1.09 bits per heavy atom. The number of aromatic nitrogens is 1. The van der Waals surface area contributed by atoms with E-state index in [9.17, 15) is 22.4 Å². The number of carbonyl (C=O) groups is 1. The molecule has 1 heterocycles. The lowest BCUT2D eigenvalue weighted by Crippen LogP contribution is -2.21. The van der Waals surface area contributed by atoms with Crippen LogP contribution in [0.15, 0.2) is 18.2 Å². The van der Waals surface area contributed by atoms with Gasteiger partial charge in [-0.05, 0) is 19.1 Å². The van der Waals surface area contributed by atoms with E-state index < -0.39 is 34.7 Å². The van der Waals surface area contributed by atoms with Crippen LogP contribution in [0.3, 0.4) is 0 Å². The van der Waals surface area contributed by atoms with Gasteiger partial charge in [0.1, 0.15) is 5.56 Å². The number of hydrogen-bond acceptors (Lipinski definition) is 3. The van der Waals surface area contributed by atoms with Crippen molar-refractivity contribution >= 4 is 17.4 Å². The Labute approximate surface area is 129 Å². The van der Waals surface area contributed by atoms with Gasteiger partial charge >= 0.3 is 0 Å².